The summed E-state index contributed by atoms with van der Waals surface area (Å²) in [6.45, 7) is 0. The van der Waals surface area contributed by atoms with Gasteiger partial charge >= 0.3 is 0 Å². The Hall–Kier alpha value is -0.0500. The van der Waals surface area contributed by atoms with Crippen LogP contribution in [0.25, 0.3) is 0 Å². The molecule has 1 aliphatic rings. The Morgan fingerprint density at radius 3 is 2.70 bits per heavy atom. The summed E-state index contributed by atoms with van der Waals surface area (Å²) in [5, 5.41) is 0. The normalized spacial score (nSPS) is 30.6. The van der Waals surface area contributed by atoms with E-state index in [-0.39, 0.29) is 0 Å². The molecule has 2 rings (SSSR count). The predicted molar refractivity (Wildman–Crippen MR) is 44.7 cm³/mol. The molecule has 0 bridgehead atoms. The van der Waals surface area contributed by atoms with Crippen molar-refractivity contribution in [2.75, 3.05) is 0 Å². The molecule has 1 aromatic heterocycles. The number of thiophene rings is 1. The number of rotatable bonds is 1. The number of nitrogens with two attached hydrogens (primary N) is 1. The van der Waals surface area contributed by atoms with Gasteiger partial charge in [-0.3, -0.25) is 0 Å². The zero-order chi connectivity index (χ0) is 7.14. The van der Waals surface area contributed by atoms with Crippen molar-refractivity contribution in [3.05, 3.63) is 21.3 Å². The van der Waals surface area contributed by atoms with Crippen molar-refractivity contribution < 1.29 is 0 Å². The van der Waals surface area contributed by atoms with Crippen LogP contribution in [0.2, 0.25) is 4.34 Å². The fourth-order valence-corrected chi connectivity index (χ4v) is 2.32. The number of halogens is 1. The molecule has 1 aliphatic carbocycles. The molecule has 10 heavy (non-hydrogen) atoms. The van der Waals surface area contributed by atoms with E-state index in [4.69, 9.17) is 17.3 Å². The van der Waals surface area contributed by atoms with Gasteiger partial charge in [-0.15, -0.1) is 11.3 Å². The summed E-state index contributed by atoms with van der Waals surface area (Å²) < 4.78 is 0.870. The molecule has 0 radical (unpaired) electrons. The van der Waals surface area contributed by atoms with Crippen LogP contribution in [0, 0.1) is 0 Å². The van der Waals surface area contributed by atoms with Crippen molar-refractivity contribution in [3.8, 4) is 0 Å². The summed E-state index contributed by atoms with van der Waals surface area (Å²) in [5.74, 6) is 0.609. The van der Waals surface area contributed by atoms with E-state index in [1.807, 2.05) is 6.07 Å². The molecular formula is C7H8ClNS. The SMILES string of the molecule is N[C@@H]1C[C@H]1c1ccc(Cl)s1. The topological polar surface area (TPSA) is 26.0 Å². The van der Waals surface area contributed by atoms with Gasteiger partial charge in [0.25, 0.3) is 0 Å². The van der Waals surface area contributed by atoms with E-state index in [2.05, 4.69) is 6.07 Å². The summed E-state index contributed by atoms with van der Waals surface area (Å²) in [7, 11) is 0. The third kappa shape index (κ3) is 1.07. The smallest absolute Gasteiger partial charge is 0.0931 e. The molecule has 1 saturated carbocycles. The van der Waals surface area contributed by atoms with Crippen molar-refractivity contribution in [2.45, 2.75) is 18.4 Å². The molecule has 1 nitrogen and oxygen atoms in total. The highest BCUT2D eigenvalue weighted by molar-refractivity contribution is 7.16. The second-order valence-electron chi connectivity index (χ2n) is 2.65. The van der Waals surface area contributed by atoms with E-state index in [9.17, 15) is 0 Å². The minimum Gasteiger partial charge on any atom is -0.327 e. The zero-order valence-corrected chi connectivity index (χ0v) is 6.95. The van der Waals surface area contributed by atoms with Crippen molar-refractivity contribution in [1.82, 2.24) is 0 Å². The monoisotopic (exact) mass is 173 g/mol. The molecule has 0 unspecified atom stereocenters. The van der Waals surface area contributed by atoms with Gasteiger partial charge in [0, 0.05) is 16.8 Å². The second kappa shape index (κ2) is 2.22. The van der Waals surface area contributed by atoms with Crippen LogP contribution in [-0.4, -0.2) is 6.04 Å². The molecule has 0 saturated heterocycles. The van der Waals surface area contributed by atoms with Crippen LogP contribution in [0.15, 0.2) is 12.1 Å². The molecule has 0 aliphatic heterocycles. The lowest BCUT2D eigenvalue weighted by Crippen LogP contribution is -1.99. The summed E-state index contributed by atoms with van der Waals surface area (Å²) in [6, 6.07) is 4.41. The molecule has 54 valence electrons. The third-order valence-corrected chi connectivity index (χ3v) is 3.16. The first kappa shape index (κ1) is 6.65. The highest BCUT2D eigenvalue weighted by Crippen LogP contribution is 2.43. The van der Waals surface area contributed by atoms with Crippen LogP contribution in [0.5, 0.6) is 0 Å². The van der Waals surface area contributed by atoms with Gasteiger partial charge in [-0.05, 0) is 18.6 Å². The number of hydrogen-bond acceptors (Lipinski definition) is 2. The van der Waals surface area contributed by atoms with Gasteiger partial charge in [0.05, 0.1) is 4.34 Å². The summed E-state index contributed by atoms with van der Waals surface area (Å²) in [6.07, 6.45) is 1.14. The minimum atomic E-state index is 0.398. The Balaban J connectivity index is 2.20. The van der Waals surface area contributed by atoms with E-state index < -0.39 is 0 Å². The van der Waals surface area contributed by atoms with Gasteiger partial charge < -0.3 is 5.73 Å². The maximum Gasteiger partial charge on any atom is 0.0931 e. The highest BCUT2D eigenvalue weighted by Gasteiger charge is 2.35. The quantitative estimate of drug-likeness (QED) is 0.693. The van der Waals surface area contributed by atoms with Gasteiger partial charge in [0.2, 0.25) is 0 Å². The summed E-state index contributed by atoms with van der Waals surface area (Å²) >= 11 is 7.41. The van der Waals surface area contributed by atoms with Crippen molar-refractivity contribution in [3.63, 3.8) is 0 Å². The first-order valence-electron chi connectivity index (χ1n) is 3.28. The Morgan fingerprint density at radius 1 is 1.60 bits per heavy atom. The second-order valence-corrected chi connectivity index (χ2v) is 4.39. The molecule has 1 fully saturated rings. The maximum absolute atomic E-state index is 5.76. The Morgan fingerprint density at radius 2 is 2.30 bits per heavy atom. The van der Waals surface area contributed by atoms with E-state index in [1.165, 1.54) is 4.88 Å². The first-order chi connectivity index (χ1) is 4.77. The van der Waals surface area contributed by atoms with Gasteiger partial charge in [-0.2, -0.15) is 0 Å². The van der Waals surface area contributed by atoms with Gasteiger partial charge in [0.15, 0.2) is 0 Å². The van der Waals surface area contributed by atoms with Gasteiger partial charge in [-0.1, -0.05) is 11.6 Å². The van der Waals surface area contributed by atoms with E-state index in [1.54, 1.807) is 11.3 Å². The van der Waals surface area contributed by atoms with Crippen molar-refractivity contribution in [2.24, 2.45) is 5.73 Å². The van der Waals surface area contributed by atoms with E-state index in [0.29, 0.717) is 12.0 Å². The summed E-state index contributed by atoms with van der Waals surface area (Å²) in [5.41, 5.74) is 5.67. The fraction of sp³-hybridized carbons (Fsp3) is 0.429. The Kier molecular flexibility index (Phi) is 1.48. The standard InChI is InChI=1S/C7H8ClNS/c8-7-2-1-6(10-7)4-3-5(4)9/h1-2,4-5H,3,9H2/t4-,5-/m1/s1. The largest absolute Gasteiger partial charge is 0.327 e. The first-order valence-corrected chi connectivity index (χ1v) is 4.47. The van der Waals surface area contributed by atoms with Crippen LogP contribution in [-0.2, 0) is 0 Å². The van der Waals surface area contributed by atoms with E-state index in [0.717, 1.165) is 10.8 Å². The van der Waals surface area contributed by atoms with Gasteiger partial charge in [0.1, 0.15) is 0 Å². The molecule has 0 aromatic carbocycles. The molecule has 0 amide bonds. The Bertz CT molecular complexity index is 246. The molecule has 3 heteroatoms. The zero-order valence-electron chi connectivity index (χ0n) is 5.38. The highest BCUT2D eigenvalue weighted by atomic mass is 35.5. The van der Waals surface area contributed by atoms with Crippen LogP contribution >= 0.6 is 22.9 Å². The predicted octanol–water partition coefficient (Wildman–Crippen LogP) is 2.22. The van der Waals surface area contributed by atoms with Crippen LogP contribution < -0.4 is 5.73 Å². The average molecular weight is 174 g/mol. The lowest BCUT2D eigenvalue weighted by atomic mass is 10.3. The fourth-order valence-electron chi connectivity index (χ4n) is 1.07. The average Bonchev–Trinajstić information content (AvgIpc) is 2.42. The van der Waals surface area contributed by atoms with Crippen LogP contribution in [0.3, 0.4) is 0 Å². The lowest BCUT2D eigenvalue weighted by molar-refractivity contribution is 1.01. The van der Waals surface area contributed by atoms with Crippen LogP contribution in [0.1, 0.15) is 17.2 Å². The molecule has 1 heterocycles. The summed E-state index contributed by atoms with van der Waals surface area (Å²) in [4.78, 5) is 1.34. The number of hydrogen-bond donors (Lipinski definition) is 1. The molecule has 1 aromatic rings. The van der Waals surface area contributed by atoms with Crippen molar-refractivity contribution in [1.29, 1.82) is 0 Å². The molecule has 2 N–H and O–H groups in total. The molecular weight excluding hydrogens is 166 g/mol. The van der Waals surface area contributed by atoms with Crippen molar-refractivity contribution >= 4 is 22.9 Å². The Labute approximate surface area is 68.8 Å². The van der Waals surface area contributed by atoms with Gasteiger partial charge in [-0.25, -0.2) is 0 Å². The minimum absolute atomic E-state index is 0.398. The molecule has 0 spiro atoms. The van der Waals surface area contributed by atoms with E-state index >= 15 is 0 Å². The van der Waals surface area contributed by atoms with Crippen LogP contribution in [0.4, 0.5) is 0 Å². The molecule has 2 atom stereocenters. The lowest BCUT2D eigenvalue weighted by Gasteiger charge is -1.86. The third-order valence-electron chi connectivity index (χ3n) is 1.80. The maximum atomic E-state index is 5.76.